The molecule has 0 unspecified atom stereocenters. The molecule has 0 heterocycles. The number of anilines is 2. The fourth-order valence-corrected chi connectivity index (χ4v) is 3.23. The van der Waals surface area contributed by atoms with Crippen molar-refractivity contribution in [2.45, 2.75) is 51.5 Å². The molecule has 1 saturated carbocycles. The van der Waals surface area contributed by atoms with Gasteiger partial charge in [-0.2, -0.15) is 0 Å². The average molecular weight is 322 g/mol. The van der Waals surface area contributed by atoms with E-state index < -0.39 is 0 Å². The molecule has 0 spiro atoms. The fourth-order valence-electron chi connectivity index (χ4n) is 3.23. The first kappa shape index (κ1) is 16.6. The Labute approximate surface area is 144 Å². The van der Waals surface area contributed by atoms with Crippen molar-refractivity contribution in [3.63, 3.8) is 0 Å². The molecule has 2 aromatic carbocycles. The number of hydrogen-bond acceptors (Lipinski definition) is 2. The largest absolute Gasteiger partial charge is 0.382 e. The summed E-state index contributed by atoms with van der Waals surface area (Å²) in [6, 6.07) is 16.7. The van der Waals surface area contributed by atoms with Crippen LogP contribution in [-0.2, 0) is 11.2 Å². The summed E-state index contributed by atoms with van der Waals surface area (Å²) in [6.07, 6.45) is 6.94. The van der Waals surface area contributed by atoms with Gasteiger partial charge in [0.15, 0.2) is 0 Å². The van der Waals surface area contributed by atoms with E-state index in [0.717, 1.165) is 16.9 Å². The van der Waals surface area contributed by atoms with Gasteiger partial charge < -0.3 is 10.6 Å². The number of carbonyl (C=O) groups excluding carboxylic acids is 1. The van der Waals surface area contributed by atoms with Crippen LogP contribution in [0.2, 0.25) is 0 Å². The van der Waals surface area contributed by atoms with Crippen LogP contribution in [0.25, 0.3) is 0 Å². The molecule has 1 aliphatic rings. The van der Waals surface area contributed by atoms with E-state index in [2.05, 4.69) is 22.8 Å². The van der Waals surface area contributed by atoms with Crippen LogP contribution < -0.4 is 10.6 Å². The molecule has 3 nitrogen and oxygen atoms in total. The van der Waals surface area contributed by atoms with Gasteiger partial charge in [0.05, 0.1) is 6.42 Å². The highest BCUT2D eigenvalue weighted by Crippen LogP contribution is 2.22. The monoisotopic (exact) mass is 322 g/mol. The first-order chi connectivity index (χ1) is 11.7. The maximum absolute atomic E-state index is 12.1. The highest BCUT2D eigenvalue weighted by molar-refractivity contribution is 5.92. The fraction of sp³-hybridized carbons (Fsp3) is 0.381. The Kier molecular flexibility index (Phi) is 5.52. The standard InChI is InChI=1S/C21H26N2O/c1-16-7-9-17(10-8-16)15-21(24)23-20-13-11-19(12-14-20)22-18-5-3-2-4-6-18/h7-14,18,22H,2-6,15H2,1H3,(H,23,24). The molecule has 1 aliphatic carbocycles. The van der Waals surface area contributed by atoms with Crippen molar-refractivity contribution >= 4 is 17.3 Å². The summed E-state index contributed by atoms with van der Waals surface area (Å²) in [4.78, 5) is 12.1. The second-order valence-corrected chi connectivity index (χ2v) is 6.77. The Morgan fingerprint density at radius 3 is 2.21 bits per heavy atom. The summed E-state index contributed by atoms with van der Waals surface area (Å²) in [5, 5.41) is 6.56. The van der Waals surface area contributed by atoms with Crippen molar-refractivity contribution in [3.05, 3.63) is 59.7 Å². The normalized spacial score (nSPS) is 15.0. The SMILES string of the molecule is Cc1ccc(CC(=O)Nc2ccc(NC3CCCCC3)cc2)cc1. The average Bonchev–Trinajstić information content (AvgIpc) is 2.60. The zero-order chi connectivity index (χ0) is 16.8. The number of amides is 1. The number of rotatable bonds is 5. The Morgan fingerprint density at radius 1 is 0.917 bits per heavy atom. The smallest absolute Gasteiger partial charge is 0.228 e. The zero-order valence-electron chi connectivity index (χ0n) is 14.3. The Morgan fingerprint density at radius 2 is 1.54 bits per heavy atom. The van der Waals surface area contributed by atoms with Crippen molar-refractivity contribution in [2.75, 3.05) is 10.6 Å². The quantitative estimate of drug-likeness (QED) is 0.820. The Bertz CT molecular complexity index is 655. The number of aryl methyl sites for hydroxylation is 1. The molecule has 0 saturated heterocycles. The molecular formula is C21H26N2O. The summed E-state index contributed by atoms with van der Waals surface area (Å²) < 4.78 is 0. The van der Waals surface area contributed by atoms with Crippen LogP contribution in [-0.4, -0.2) is 11.9 Å². The van der Waals surface area contributed by atoms with Gasteiger partial charge in [0.2, 0.25) is 5.91 Å². The van der Waals surface area contributed by atoms with Crippen molar-refractivity contribution in [2.24, 2.45) is 0 Å². The van der Waals surface area contributed by atoms with E-state index in [1.54, 1.807) is 0 Å². The van der Waals surface area contributed by atoms with E-state index in [0.29, 0.717) is 12.5 Å². The van der Waals surface area contributed by atoms with E-state index in [4.69, 9.17) is 0 Å². The molecule has 24 heavy (non-hydrogen) atoms. The lowest BCUT2D eigenvalue weighted by atomic mass is 9.95. The molecule has 0 aromatic heterocycles. The molecule has 2 N–H and O–H groups in total. The lowest BCUT2D eigenvalue weighted by Gasteiger charge is -2.23. The summed E-state index contributed by atoms with van der Waals surface area (Å²) in [7, 11) is 0. The molecule has 0 bridgehead atoms. The van der Waals surface area contributed by atoms with E-state index >= 15 is 0 Å². The highest BCUT2D eigenvalue weighted by Gasteiger charge is 2.12. The van der Waals surface area contributed by atoms with Crippen molar-refractivity contribution in [1.29, 1.82) is 0 Å². The van der Waals surface area contributed by atoms with Gasteiger partial charge in [-0.3, -0.25) is 4.79 Å². The van der Waals surface area contributed by atoms with Gasteiger partial charge in [0, 0.05) is 17.4 Å². The Hall–Kier alpha value is -2.29. The molecule has 2 aromatic rings. The van der Waals surface area contributed by atoms with Crippen LogP contribution in [0.15, 0.2) is 48.5 Å². The maximum Gasteiger partial charge on any atom is 0.228 e. The first-order valence-electron chi connectivity index (χ1n) is 8.91. The van der Waals surface area contributed by atoms with Crippen LogP contribution in [0.4, 0.5) is 11.4 Å². The van der Waals surface area contributed by atoms with Crippen molar-refractivity contribution in [1.82, 2.24) is 0 Å². The topological polar surface area (TPSA) is 41.1 Å². The molecule has 1 amide bonds. The van der Waals surface area contributed by atoms with Crippen LogP contribution in [0.5, 0.6) is 0 Å². The van der Waals surface area contributed by atoms with Gasteiger partial charge >= 0.3 is 0 Å². The molecule has 0 atom stereocenters. The number of benzene rings is 2. The van der Waals surface area contributed by atoms with Crippen LogP contribution in [0.3, 0.4) is 0 Å². The van der Waals surface area contributed by atoms with Crippen molar-refractivity contribution < 1.29 is 4.79 Å². The maximum atomic E-state index is 12.1. The number of hydrogen-bond donors (Lipinski definition) is 2. The third-order valence-corrected chi connectivity index (χ3v) is 4.63. The van der Waals surface area contributed by atoms with Gasteiger partial charge in [0.25, 0.3) is 0 Å². The second kappa shape index (κ2) is 8.00. The zero-order valence-corrected chi connectivity index (χ0v) is 14.3. The van der Waals surface area contributed by atoms with Gasteiger partial charge in [-0.05, 0) is 49.6 Å². The van der Waals surface area contributed by atoms with Crippen LogP contribution in [0, 0.1) is 6.92 Å². The molecule has 126 valence electrons. The van der Waals surface area contributed by atoms with E-state index in [-0.39, 0.29) is 5.91 Å². The first-order valence-corrected chi connectivity index (χ1v) is 8.91. The van der Waals surface area contributed by atoms with E-state index in [9.17, 15) is 4.79 Å². The minimum absolute atomic E-state index is 0.0202. The van der Waals surface area contributed by atoms with Gasteiger partial charge in [-0.1, -0.05) is 49.1 Å². The summed E-state index contributed by atoms with van der Waals surface area (Å²) in [6.45, 7) is 2.05. The third-order valence-electron chi connectivity index (χ3n) is 4.63. The highest BCUT2D eigenvalue weighted by atomic mass is 16.1. The van der Waals surface area contributed by atoms with Crippen LogP contribution in [0.1, 0.15) is 43.2 Å². The minimum Gasteiger partial charge on any atom is -0.382 e. The molecule has 3 rings (SSSR count). The predicted molar refractivity (Wildman–Crippen MR) is 100 cm³/mol. The third kappa shape index (κ3) is 4.85. The summed E-state index contributed by atoms with van der Waals surface area (Å²) in [5.74, 6) is 0.0202. The minimum atomic E-state index is 0.0202. The Balaban J connectivity index is 1.51. The van der Waals surface area contributed by atoms with Gasteiger partial charge in [-0.15, -0.1) is 0 Å². The molecule has 0 radical (unpaired) electrons. The van der Waals surface area contributed by atoms with Gasteiger partial charge in [-0.25, -0.2) is 0 Å². The van der Waals surface area contributed by atoms with E-state index in [1.165, 1.54) is 37.7 Å². The summed E-state index contributed by atoms with van der Waals surface area (Å²) in [5.41, 5.74) is 4.23. The van der Waals surface area contributed by atoms with E-state index in [1.807, 2.05) is 43.3 Å². The molecule has 1 fully saturated rings. The number of carbonyl (C=O) groups is 1. The number of nitrogens with one attached hydrogen (secondary N) is 2. The summed E-state index contributed by atoms with van der Waals surface area (Å²) >= 11 is 0. The molecule has 0 aliphatic heterocycles. The van der Waals surface area contributed by atoms with Crippen LogP contribution >= 0.6 is 0 Å². The molecular weight excluding hydrogens is 296 g/mol. The lowest BCUT2D eigenvalue weighted by Crippen LogP contribution is -2.22. The molecule has 3 heteroatoms. The van der Waals surface area contributed by atoms with Gasteiger partial charge in [0.1, 0.15) is 0 Å². The predicted octanol–water partition coefficient (Wildman–Crippen LogP) is 4.92. The lowest BCUT2D eigenvalue weighted by molar-refractivity contribution is -0.115. The van der Waals surface area contributed by atoms with Crippen molar-refractivity contribution in [3.8, 4) is 0 Å². The second-order valence-electron chi connectivity index (χ2n) is 6.77.